The Labute approximate surface area is 159 Å². The van der Waals surface area contributed by atoms with Crippen LogP contribution in [0.1, 0.15) is 26.3 Å². The third-order valence-corrected chi connectivity index (χ3v) is 4.13. The van der Waals surface area contributed by atoms with Crippen LogP contribution in [-0.2, 0) is 14.3 Å². The number of rotatable bonds is 5. The van der Waals surface area contributed by atoms with Gasteiger partial charge in [0.25, 0.3) is 6.02 Å². The monoisotopic (exact) mass is 405 g/mol. The van der Waals surface area contributed by atoms with Gasteiger partial charge in [-0.3, -0.25) is 0 Å². The topological polar surface area (TPSA) is 63.5 Å². The minimum absolute atomic E-state index is 0.108. The SMILES string of the molecule is CCOC(=O)[C@@]1(C(F)(F)F)N=C(c2ccccc2Cl)OC(N(CC)CC)=N1. The van der Waals surface area contributed by atoms with Crippen LogP contribution in [0, 0.1) is 0 Å². The Morgan fingerprint density at radius 3 is 2.37 bits per heavy atom. The zero-order chi connectivity index (χ0) is 20.2. The molecule has 0 aromatic heterocycles. The summed E-state index contributed by atoms with van der Waals surface area (Å²) in [6.45, 7) is 5.19. The number of esters is 1. The van der Waals surface area contributed by atoms with Gasteiger partial charge in [0.1, 0.15) is 0 Å². The lowest BCUT2D eigenvalue weighted by molar-refractivity contribution is -0.204. The van der Waals surface area contributed by atoms with Crippen molar-refractivity contribution in [3.05, 3.63) is 34.9 Å². The minimum atomic E-state index is -5.14. The summed E-state index contributed by atoms with van der Waals surface area (Å²) in [6.07, 6.45) is -5.14. The first-order valence-corrected chi connectivity index (χ1v) is 8.69. The van der Waals surface area contributed by atoms with Gasteiger partial charge in [0.15, 0.2) is 0 Å². The first-order valence-electron chi connectivity index (χ1n) is 8.31. The molecule has 1 aliphatic rings. The zero-order valence-electron chi connectivity index (χ0n) is 15.0. The van der Waals surface area contributed by atoms with Gasteiger partial charge in [0, 0.05) is 13.1 Å². The van der Waals surface area contributed by atoms with Crippen LogP contribution in [0.15, 0.2) is 34.3 Å². The third-order valence-electron chi connectivity index (χ3n) is 3.80. The fraction of sp³-hybridized carbons (Fsp3) is 0.471. The predicted octanol–water partition coefficient (Wildman–Crippen LogP) is 3.64. The van der Waals surface area contributed by atoms with E-state index in [1.54, 1.807) is 26.0 Å². The fourth-order valence-corrected chi connectivity index (χ4v) is 2.60. The molecule has 0 aliphatic carbocycles. The highest BCUT2D eigenvalue weighted by atomic mass is 35.5. The molecule has 1 aromatic rings. The maximum atomic E-state index is 14.0. The molecule has 1 aliphatic heterocycles. The van der Waals surface area contributed by atoms with E-state index in [9.17, 15) is 18.0 Å². The van der Waals surface area contributed by atoms with Crippen molar-refractivity contribution in [2.24, 2.45) is 9.98 Å². The number of halogens is 4. The number of hydrogen-bond donors (Lipinski definition) is 0. The Bertz CT molecular complexity index is 763. The molecule has 10 heteroatoms. The number of nitrogens with zero attached hydrogens (tertiary/aromatic N) is 3. The van der Waals surface area contributed by atoms with Crippen LogP contribution in [0.5, 0.6) is 0 Å². The van der Waals surface area contributed by atoms with Crippen LogP contribution < -0.4 is 0 Å². The molecule has 6 nitrogen and oxygen atoms in total. The molecule has 27 heavy (non-hydrogen) atoms. The molecule has 2 rings (SSSR count). The smallest absolute Gasteiger partial charge is 0.446 e. The first-order chi connectivity index (χ1) is 12.7. The van der Waals surface area contributed by atoms with Crippen molar-refractivity contribution in [1.29, 1.82) is 0 Å². The predicted molar refractivity (Wildman–Crippen MR) is 94.8 cm³/mol. The number of aliphatic imine (C=N–C) groups is 2. The molecule has 0 fully saturated rings. The molecular weight excluding hydrogens is 387 g/mol. The molecule has 148 valence electrons. The van der Waals surface area contributed by atoms with E-state index in [0.29, 0.717) is 13.1 Å². The van der Waals surface area contributed by atoms with Gasteiger partial charge in [-0.15, -0.1) is 0 Å². The average molecular weight is 406 g/mol. The summed E-state index contributed by atoms with van der Waals surface area (Å²) < 4.78 is 52.1. The molecule has 0 saturated carbocycles. The molecule has 0 spiro atoms. The van der Waals surface area contributed by atoms with E-state index in [1.165, 1.54) is 24.0 Å². The van der Waals surface area contributed by atoms with E-state index in [2.05, 4.69) is 14.7 Å². The van der Waals surface area contributed by atoms with Crippen LogP contribution in [0.2, 0.25) is 5.02 Å². The lowest BCUT2D eigenvalue weighted by Gasteiger charge is -2.33. The van der Waals surface area contributed by atoms with Gasteiger partial charge in [-0.25, -0.2) is 4.79 Å². The molecule has 0 radical (unpaired) electrons. The maximum absolute atomic E-state index is 14.0. The summed E-state index contributed by atoms with van der Waals surface area (Å²) in [5.41, 5.74) is -3.36. The highest BCUT2D eigenvalue weighted by molar-refractivity contribution is 6.34. The molecule has 1 aromatic carbocycles. The second kappa shape index (κ2) is 8.16. The van der Waals surface area contributed by atoms with E-state index in [0.717, 1.165) is 0 Å². The van der Waals surface area contributed by atoms with Gasteiger partial charge in [0.05, 0.1) is 17.2 Å². The summed E-state index contributed by atoms with van der Waals surface area (Å²) in [4.78, 5) is 20.8. The molecule has 0 saturated heterocycles. The van der Waals surface area contributed by atoms with Crippen molar-refractivity contribution in [1.82, 2.24) is 4.90 Å². The average Bonchev–Trinajstić information content (AvgIpc) is 2.62. The molecule has 0 N–H and O–H groups in total. The lowest BCUT2D eigenvalue weighted by Crippen LogP contribution is -2.55. The van der Waals surface area contributed by atoms with Gasteiger partial charge in [-0.2, -0.15) is 23.2 Å². The van der Waals surface area contributed by atoms with Crippen LogP contribution >= 0.6 is 11.6 Å². The summed E-state index contributed by atoms with van der Waals surface area (Å²) in [5.74, 6) is -2.09. The molecule has 0 bridgehead atoms. The minimum Gasteiger partial charge on any atom is -0.462 e. The Morgan fingerprint density at radius 2 is 1.85 bits per heavy atom. The summed E-state index contributed by atoms with van der Waals surface area (Å²) in [7, 11) is 0. The largest absolute Gasteiger partial charge is 0.462 e. The second-order valence-electron chi connectivity index (χ2n) is 5.46. The summed E-state index contributed by atoms with van der Waals surface area (Å²) in [5, 5.41) is 0.122. The number of alkyl halides is 3. The second-order valence-corrected chi connectivity index (χ2v) is 5.86. The summed E-state index contributed by atoms with van der Waals surface area (Å²) >= 11 is 6.09. The highest BCUT2D eigenvalue weighted by Crippen LogP contribution is 2.39. The zero-order valence-corrected chi connectivity index (χ0v) is 15.8. The van der Waals surface area contributed by atoms with E-state index in [4.69, 9.17) is 16.3 Å². The van der Waals surface area contributed by atoms with Gasteiger partial charge < -0.3 is 14.4 Å². The van der Waals surface area contributed by atoms with Gasteiger partial charge >= 0.3 is 17.8 Å². The van der Waals surface area contributed by atoms with Crippen molar-refractivity contribution >= 4 is 29.5 Å². The normalized spacial score (nSPS) is 19.7. The van der Waals surface area contributed by atoms with Gasteiger partial charge in [-0.05, 0) is 32.9 Å². The number of carbonyl (C=O) groups excluding carboxylic acids is 1. The Hall–Kier alpha value is -2.29. The highest BCUT2D eigenvalue weighted by Gasteiger charge is 2.65. The van der Waals surface area contributed by atoms with Gasteiger partial charge in [-0.1, -0.05) is 23.7 Å². The molecular formula is C17H19ClF3N3O3. The van der Waals surface area contributed by atoms with Gasteiger partial charge in [0.2, 0.25) is 5.90 Å². The van der Waals surface area contributed by atoms with Crippen LogP contribution in [0.3, 0.4) is 0 Å². The van der Waals surface area contributed by atoms with Crippen molar-refractivity contribution < 1.29 is 27.4 Å². The lowest BCUT2D eigenvalue weighted by atomic mass is 10.1. The van der Waals surface area contributed by atoms with E-state index in [-0.39, 0.29) is 23.2 Å². The van der Waals surface area contributed by atoms with Crippen LogP contribution in [-0.4, -0.2) is 54.3 Å². The number of hydrogen-bond acceptors (Lipinski definition) is 6. The van der Waals surface area contributed by atoms with E-state index >= 15 is 0 Å². The fourth-order valence-electron chi connectivity index (χ4n) is 2.39. The van der Waals surface area contributed by atoms with Crippen LogP contribution in [0.25, 0.3) is 0 Å². The van der Waals surface area contributed by atoms with Crippen LogP contribution in [0.4, 0.5) is 13.2 Å². The third kappa shape index (κ3) is 4.02. The first kappa shape index (κ1) is 21.0. The van der Waals surface area contributed by atoms with Crippen molar-refractivity contribution in [2.75, 3.05) is 19.7 Å². The maximum Gasteiger partial charge on any atom is 0.446 e. The Morgan fingerprint density at radius 1 is 1.22 bits per heavy atom. The quantitative estimate of drug-likeness (QED) is 0.702. The van der Waals surface area contributed by atoms with E-state index in [1.807, 2.05) is 0 Å². The summed E-state index contributed by atoms with van der Waals surface area (Å²) in [6, 6.07) is 5.71. The number of ether oxygens (including phenoxy) is 2. The molecule has 0 amide bonds. The molecule has 1 atom stereocenters. The Kier molecular flexibility index (Phi) is 6.35. The molecule has 1 heterocycles. The number of amidine groups is 1. The van der Waals surface area contributed by atoms with E-state index < -0.39 is 23.7 Å². The number of benzene rings is 1. The van der Waals surface area contributed by atoms with Crippen molar-refractivity contribution in [3.63, 3.8) is 0 Å². The Balaban J connectivity index is 2.72. The molecule has 0 unspecified atom stereocenters. The standard InChI is InChI=1S/C17H19ClF3N3O3/c1-4-24(5-2)15-23-16(17(19,20)21,14(25)26-6-3)22-13(27-15)11-9-7-8-10-12(11)18/h7-10H,4-6H2,1-3H3/t16-/m1/s1. The van der Waals surface area contributed by atoms with Crippen molar-refractivity contribution in [3.8, 4) is 0 Å². The van der Waals surface area contributed by atoms with Crippen molar-refractivity contribution in [2.45, 2.75) is 32.6 Å². The number of carbonyl (C=O) groups is 1.